The quantitative estimate of drug-likeness (QED) is 0.254. The monoisotopic (exact) mass is 504 g/mol. The summed E-state index contributed by atoms with van der Waals surface area (Å²) in [6.45, 7) is 5.63. The average molecular weight is 505 g/mol. The summed E-state index contributed by atoms with van der Waals surface area (Å²) in [7, 11) is -3.81. The molecule has 8 nitrogen and oxygen atoms in total. The molecule has 0 unspecified atom stereocenters. The number of aromatic carboxylic acids is 1. The number of sulfonamides is 1. The molecule has 0 aliphatic carbocycles. The Hall–Kier alpha value is -2.94. The van der Waals surface area contributed by atoms with E-state index in [9.17, 15) is 18.0 Å². The Labute approximate surface area is 208 Å². The number of rotatable bonds is 14. The number of carboxylic acids is 1. The van der Waals surface area contributed by atoms with E-state index in [1.807, 2.05) is 32.9 Å². The van der Waals surface area contributed by atoms with Crippen molar-refractivity contribution in [3.05, 3.63) is 53.7 Å². The fourth-order valence-corrected chi connectivity index (χ4v) is 4.50. The lowest BCUT2D eigenvalue weighted by Gasteiger charge is -2.19. The molecule has 0 saturated heterocycles. The number of carbonyl (C=O) groups excluding carboxylic acids is 1. The van der Waals surface area contributed by atoms with Gasteiger partial charge in [0.2, 0.25) is 0 Å². The molecule has 0 fully saturated rings. The van der Waals surface area contributed by atoms with E-state index in [2.05, 4.69) is 9.71 Å². The van der Waals surface area contributed by atoms with Crippen LogP contribution in [0.4, 0.5) is 5.82 Å². The van der Waals surface area contributed by atoms with Crippen molar-refractivity contribution in [3.8, 4) is 0 Å². The minimum atomic E-state index is -3.81. The van der Waals surface area contributed by atoms with Crippen molar-refractivity contribution in [2.75, 3.05) is 4.72 Å². The number of nitrogens with zero attached hydrogens (tertiary/aromatic N) is 1. The fourth-order valence-electron chi connectivity index (χ4n) is 3.49. The lowest BCUT2D eigenvalue weighted by Crippen LogP contribution is -2.23. The first kappa shape index (κ1) is 28.3. The first-order valence-corrected chi connectivity index (χ1v) is 13.5. The first-order chi connectivity index (χ1) is 16.5. The summed E-state index contributed by atoms with van der Waals surface area (Å²) >= 11 is 0. The second kappa shape index (κ2) is 13.2. The van der Waals surface area contributed by atoms with Gasteiger partial charge >= 0.3 is 11.9 Å². The van der Waals surface area contributed by atoms with Crippen LogP contribution in [0.5, 0.6) is 0 Å². The van der Waals surface area contributed by atoms with Crippen molar-refractivity contribution in [2.45, 2.75) is 89.1 Å². The summed E-state index contributed by atoms with van der Waals surface area (Å²) in [5.41, 5.74) is 0.637. The summed E-state index contributed by atoms with van der Waals surface area (Å²) in [6, 6.07) is 9.36. The van der Waals surface area contributed by atoms with Crippen molar-refractivity contribution in [1.82, 2.24) is 4.98 Å². The molecule has 0 spiro atoms. The maximum Gasteiger partial charge on any atom is 0.337 e. The van der Waals surface area contributed by atoms with E-state index in [-0.39, 0.29) is 22.2 Å². The van der Waals surface area contributed by atoms with E-state index >= 15 is 0 Å². The van der Waals surface area contributed by atoms with Crippen LogP contribution >= 0.6 is 0 Å². The molecule has 0 atom stereocenters. The van der Waals surface area contributed by atoms with Crippen LogP contribution in [0.2, 0.25) is 0 Å². The molecule has 35 heavy (non-hydrogen) atoms. The SMILES string of the molecule is CC(C)(C)OC(=O)CCCCCCCCCc1ccc(S(=O)(=O)Nc2ccc(C(=O)O)cn2)cc1. The van der Waals surface area contributed by atoms with Gasteiger partial charge in [-0.25, -0.2) is 18.2 Å². The number of anilines is 1. The number of esters is 1. The van der Waals surface area contributed by atoms with Gasteiger partial charge in [-0.3, -0.25) is 9.52 Å². The number of aromatic nitrogens is 1. The molecule has 0 radical (unpaired) electrons. The summed E-state index contributed by atoms with van der Waals surface area (Å²) in [6.07, 6.45) is 9.87. The Balaban J connectivity index is 1.64. The number of carbonyl (C=O) groups is 2. The summed E-state index contributed by atoms with van der Waals surface area (Å²) in [5.74, 6) is -1.19. The summed E-state index contributed by atoms with van der Waals surface area (Å²) in [5, 5.41) is 8.90. The highest BCUT2D eigenvalue weighted by molar-refractivity contribution is 7.92. The summed E-state index contributed by atoms with van der Waals surface area (Å²) < 4.78 is 32.8. The van der Waals surface area contributed by atoms with E-state index in [1.165, 1.54) is 12.1 Å². The van der Waals surface area contributed by atoms with Gasteiger partial charge in [0.25, 0.3) is 10.0 Å². The predicted octanol–water partition coefficient (Wildman–Crippen LogP) is 5.59. The third-order valence-electron chi connectivity index (χ3n) is 5.25. The molecule has 2 aromatic rings. The molecule has 0 aliphatic heterocycles. The number of ether oxygens (including phenoxy) is 1. The van der Waals surface area contributed by atoms with Gasteiger partial charge in [0.15, 0.2) is 0 Å². The highest BCUT2D eigenvalue weighted by Gasteiger charge is 2.16. The molecule has 1 heterocycles. The van der Waals surface area contributed by atoms with Crippen molar-refractivity contribution in [3.63, 3.8) is 0 Å². The number of aryl methyl sites for hydroxylation is 1. The molecule has 0 bridgehead atoms. The molecule has 2 N–H and O–H groups in total. The zero-order valence-electron chi connectivity index (χ0n) is 20.7. The predicted molar refractivity (Wildman–Crippen MR) is 135 cm³/mol. The molecule has 1 aromatic carbocycles. The zero-order chi connectivity index (χ0) is 25.9. The Morgan fingerprint density at radius 1 is 0.914 bits per heavy atom. The Bertz CT molecular complexity index is 1060. The molecule has 192 valence electrons. The van der Waals surface area contributed by atoms with Crippen molar-refractivity contribution in [1.29, 1.82) is 0 Å². The van der Waals surface area contributed by atoms with Crippen LogP contribution in [0.3, 0.4) is 0 Å². The highest BCUT2D eigenvalue weighted by Crippen LogP contribution is 2.18. The molecule has 0 amide bonds. The van der Waals surface area contributed by atoms with Crippen molar-refractivity contribution >= 4 is 27.8 Å². The van der Waals surface area contributed by atoms with Crippen LogP contribution in [0.25, 0.3) is 0 Å². The number of pyridine rings is 1. The number of hydrogen-bond donors (Lipinski definition) is 2. The number of hydrogen-bond acceptors (Lipinski definition) is 6. The van der Waals surface area contributed by atoms with Crippen LogP contribution in [-0.4, -0.2) is 36.0 Å². The van der Waals surface area contributed by atoms with E-state index < -0.39 is 21.6 Å². The van der Waals surface area contributed by atoms with Gasteiger partial charge in [0.1, 0.15) is 11.4 Å². The standard InChI is InChI=1S/C26H36N2O6S/c1-26(2,3)34-24(29)12-10-8-6-4-5-7-9-11-20-13-16-22(17-14-20)35(32,33)28-23-18-15-21(19-27-23)25(30)31/h13-19H,4-12H2,1-3H3,(H,27,28)(H,30,31). The molecule has 9 heteroatoms. The molecular weight excluding hydrogens is 468 g/mol. The third kappa shape index (κ3) is 10.9. The molecular formula is C26H36N2O6S. The van der Waals surface area contributed by atoms with E-state index in [1.54, 1.807) is 12.1 Å². The van der Waals surface area contributed by atoms with Crippen LogP contribution in [0.15, 0.2) is 47.5 Å². The third-order valence-corrected chi connectivity index (χ3v) is 6.62. The van der Waals surface area contributed by atoms with Crippen molar-refractivity contribution < 1.29 is 27.9 Å². The van der Waals surface area contributed by atoms with Gasteiger partial charge in [-0.15, -0.1) is 0 Å². The van der Waals surface area contributed by atoms with Crippen LogP contribution in [0, 0.1) is 0 Å². The van der Waals surface area contributed by atoms with Crippen LogP contribution in [-0.2, 0) is 26.0 Å². The Morgan fingerprint density at radius 3 is 2.06 bits per heavy atom. The largest absolute Gasteiger partial charge is 0.478 e. The van der Waals surface area contributed by atoms with Gasteiger partial charge in [-0.2, -0.15) is 0 Å². The van der Waals surface area contributed by atoms with Crippen LogP contribution in [0.1, 0.15) is 88.1 Å². The normalized spacial score (nSPS) is 11.7. The van der Waals surface area contributed by atoms with Crippen LogP contribution < -0.4 is 4.72 Å². The number of carboxylic acid groups (broad SMARTS) is 1. The minimum Gasteiger partial charge on any atom is -0.478 e. The van der Waals surface area contributed by atoms with Gasteiger partial charge in [-0.05, 0) is 69.9 Å². The highest BCUT2D eigenvalue weighted by atomic mass is 32.2. The summed E-state index contributed by atoms with van der Waals surface area (Å²) in [4.78, 5) is 26.5. The molecule has 1 aromatic heterocycles. The maximum atomic E-state index is 12.5. The topological polar surface area (TPSA) is 123 Å². The molecule has 0 aliphatic rings. The number of nitrogens with one attached hydrogen (secondary N) is 1. The van der Waals surface area contributed by atoms with E-state index in [4.69, 9.17) is 9.84 Å². The Kier molecular flexibility index (Phi) is 10.7. The molecule has 2 rings (SSSR count). The maximum absolute atomic E-state index is 12.5. The number of unbranched alkanes of at least 4 members (excludes halogenated alkanes) is 6. The molecule has 0 saturated carbocycles. The van der Waals surface area contributed by atoms with Gasteiger partial charge in [0.05, 0.1) is 10.5 Å². The van der Waals surface area contributed by atoms with Gasteiger partial charge < -0.3 is 9.84 Å². The fraction of sp³-hybridized carbons (Fsp3) is 0.500. The van der Waals surface area contributed by atoms with Crippen molar-refractivity contribution in [2.24, 2.45) is 0 Å². The number of benzene rings is 1. The van der Waals surface area contributed by atoms with E-state index in [0.29, 0.717) is 6.42 Å². The van der Waals surface area contributed by atoms with E-state index in [0.717, 1.165) is 63.1 Å². The Morgan fingerprint density at radius 2 is 1.51 bits per heavy atom. The smallest absolute Gasteiger partial charge is 0.337 e. The minimum absolute atomic E-state index is 0.0181. The second-order valence-corrected chi connectivity index (χ2v) is 11.2. The van der Waals surface area contributed by atoms with Gasteiger partial charge in [0, 0.05) is 12.6 Å². The lowest BCUT2D eigenvalue weighted by molar-refractivity contribution is -0.154. The second-order valence-electron chi connectivity index (χ2n) is 9.55. The van der Waals surface area contributed by atoms with Gasteiger partial charge in [-0.1, -0.05) is 44.2 Å². The zero-order valence-corrected chi connectivity index (χ0v) is 21.6. The average Bonchev–Trinajstić information content (AvgIpc) is 2.77. The lowest BCUT2D eigenvalue weighted by atomic mass is 10.0. The first-order valence-electron chi connectivity index (χ1n) is 12.0.